The number of aromatic nitrogens is 3. The van der Waals surface area contributed by atoms with Gasteiger partial charge in [0.15, 0.2) is 28.9 Å². The van der Waals surface area contributed by atoms with Crippen LogP contribution < -0.4 is 10.5 Å². The summed E-state index contributed by atoms with van der Waals surface area (Å²) < 4.78 is 52.0. The van der Waals surface area contributed by atoms with Crippen molar-refractivity contribution in [2.45, 2.75) is 62.7 Å². The molecule has 0 spiro atoms. The van der Waals surface area contributed by atoms with Crippen molar-refractivity contribution in [3.63, 3.8) is 0 Å². The first-order chi connectivity index (χ1) is 16.6. The fourth-order valence-corrected chi connectivity index (χ4v) is 4.48. The van der Waals surface area contributed by atoms with Gasteiger partial charge in [0.1, 0.15) is 12.7 Å². The van der Waals surface area contributed by atoms with Gasteiger partial charge in [0.2, 0.25) is 21.9 Å². The zero-order valence-corrected chi connectivity index (χ0v) is 21.5. The quantitative estimate of drug-likeness (QED) is 0.277. The van der Waals surface area contributed by atoms with E-state index in [-0.39, 0.29) is 11.1 Å². The molecule has 0 saturated carbocycles. The van der Waals surface area contributed by atoms with Crippen LogP contribution in [0.4, 0.5) is 11.9 Å². The van der Waals surface area contributed by atoms with Crippen LogP contribution in [0.1, 0.15) is 27.7 Å². The number of nitrogens with zero attached hydrogens (tertiary/aromatic N) is 3. The first kappa shape index (κ1) is 29.0. The number of sulfonamides is 1. The van der Waals surface area contributed by atoms with Crippen LogP contribution in [-0.2, 0) is 52.9 Å². The Bertz CT molecular complexity index is 1120. The molecule has 0 aromatic carbocycles. The Morgan fingerprint density at radius 2 is 1.47 bits per heavy atom. The van der Waals surface area contributed by atoms with Crippen LogP contribution in [0.2, 0.25) is 0 Å². The van der Waals surface area contributed by atoms with Gasteiger partial charge in [-0.05, 0) is 11.8 Å². The number of nitrogen functional groups attached to an aromatic ring is 1. The van der Waals surface area contributed by atoms with E-state index < -0.39 is 76.3 Å². The van der Waals surface area contributed by atoms with Crippen LogP contribution in [-0.4, -0.2) is 90.0 Å². The molecule has 0 bridgehead atoms. The molecule has 5 unspecified atom stereocenters. The number of carbonyl (C=O) groups excluding carboxylic acids is 4. The van der Waals surface area contributed by atoms with Crippen LogP contribution in [0.25, 0.3) is 0 Å². The fraction of sp³-hybridized carbons (Fsp3) is 0.611. The number of nitrogens with two attached hydrogens (primary N) is 1. The van der Waals surface area contributed by atoms with Crippen LogP contribution in [0, 0.1) is 0 Å². The van der Waals surface area contributed by atoms with Crippen molar-refractivity contribution < 1.29 is 51.3 Å². The molecular weight excluding hydrogens is 526 g/mol. The molecule has 0 aliphatic carbocycles. The lowest BCUT2D eigenvalue weighted by Gasteiger charge is -2.43. The van der Waals surface area contributed by atoms with Crippen LogP contribution in [0.3, 0.4) is 0 Å². The molecule has 1 aliphatic heterocycles. The molecule has 200 valence electrons. The minimum atomic E-state index is -3.76. The molecule has 1 aromatic rings. The number of nitrogens with one attached hydrogen (secondary N) is 1. The molecule has 36 heavy (non-hydrogen) atoms. The van der Waals surface area contributed by atoms with E-state index in [4.69, 9.17) is 29.4 Å². The van der Waals surface area contributed by atoms with Gasteiger partial charge in [0.25, 0.3) is 0 Å². The highest BCUT2D eigenvalue weighted by atomic mass is 32.2. The summed E-state index contributed by atoms with van der Waals surface area (Å²) in [5.74, 6) is -3.76. The van der Waals surface area contributed by atoms with E-state index in [0.717, 1.165) is 34.0 Å². The summed E-state index contributed by atoms with van der Waals surface area (Å²) in [6.07, 6.45) is -4.41. The topological polar surface area (TPSA) is 225 Å². The van der Waals surface area contributed by atoms with Gasteiger partial charge in [-0.1, -0.05) is 0 Å². The standard InChI is InChI=1S/C18H25N5O11S2/c1-7(24)30-6-11-12(31-8(2)25)13(32-9(3)26)14(33-10(4)27)15(34-11)35-18-21-16(19)20-17(22-18)23-36(5,28)29/h11-15H,6H2,1-5H3,(H3,19,20,21,22,23). The Hall–Kier alpha value is -3.25. The van der Waals surface area contributed by atoms with E-state index in [1.165, 1.54) is 0 Å². The molecule has 0 amide bonds. The van der Waals surface area contributed by atoms with Crippen molar-refractivity contribution in [2.75, 3.05) is 23.3 Å². The molecule has 1 aliphatic rings. The van der Waals surface area contributed by atoms with Gasteiger partial charge >= 0.3 is 23.9 Å². The Morgan fingerprint density at radius 3 is 2.00 bits per heavy atom. The molecule has 2 rings (SSSR count). The molecule has 1 saturated heterocycles. The van der Waals surface area contributed by atoms with E-state index in [1.54, 1.807) is 0 Å². The Morgan fingerprint density at radius 1 is 0.917 bits per heavy atom. The Kier molecular flexibility index (Phi) is 9.77. The van der Waals surface area contributed by atoms with Crippen molar-refractivity contribution >= 4 is 57.6 Å². The van der Waals surface area contributed by atoms with Crippen LogP contribution >= 0.6 is 11.8 Å². The maximum atomic E-state index is 11.9. The second-order valence-electron chi connectivity index (χ2n) is 7.36. The maximum absolute atomic E-state index is 11.9. The highest BCUT2D eigenvalue weighted by molar-refractivity contribution is 7.99. The summed E-state index contributed by atoms with van der Waals surface area (Å²) in [7, 11) is -3.76. The minimum Gasteiger partial charge on any atom is -0.463 e. The second kappa shape index (κ2) is 12.1. The van der Waals surface area contributed by atoms with Gasteiger partial charge in [0, 0.05) is 27.7 Å². The lowest BCUT2D eigenvalue weighted by Crippen LogP contribution is -2.61. The summed E-state index contributed by atoms with van der Waals surface area (Å²) in [5, 5.41) is -0.158. The maximum Gasteiger partial charge on any atom is 0.303 e. The normalized spacial score (nSPS) is 23.8. The number of thioether (sulfide) groups is 1. The summed E-state index contributed by atoms with van der Waals surface area (Å²) >= 11 is 0.710. The smallest absolute Gasteiger partial charge is 0.303 e. The second-order valence-corrected chi connectivity index (χ2v) is 10.2. The molecule has 1 fully saturated rings. The van der Waals surface area contributed by atoms with E-state index in [2.05, 4.69) is 19.7 Å². The predicted molar refractivity (Wildman–Crippen MR) is 121 cm³/mol. The molecule has 1 aromatic heterocycles. The largest absolute Gasteiger partial charge is 0.463 e. The highest BCUT2D eigenvalue weighted by Gasteiger charge is 2.52. The fourth-order valence-electron chi connectivity index (χ4n) is 3.02. The monoisotopic (exact) mass is 551 g/mol. The van der Waals surface area contributed by atoms with Crippen LogP contribution in [0.15, 0.2) is 5.16 Å². The SMILES string of the molecule is CC(=O)OCC1OC(Sc2nc(N)nc(NS(C)(=O)=O)n2)C(OC(C)=O)C(OC(C)=O)C1OC(C)=O. The summed E-state index contributed by atoms with van der Waals surface area (Å²) in [4.78, 5) is 58.5. The van der Waals surface area contributed by atoms with Crippen LogP contribution in [0.5, 0.6) is 0 Å². The van der Waals surface area contributed by atoms with E-state index in [1.807, 2.05) is 0 Å². The predicted octanol–water partition coefficient (Wildman–Crippen LogP) is -0.999. The van der Waals surface area contributed by atoms with Gasteiger partial charge in [-0.2, -0.15) is 15.0 Å². The molecule has 16 nitrogen and oxygen atoms in total. The number of ether oxygens (including phenoxy) is 5. The zero-order valence-electron chi connectivity index (χ0n) is 19.8. The molecule has 5 atom stereocenters. The molecule has 0 radical (unpaired) electrons. The molecular formula is C18H25N5O11S2. The van der Waals surface area contributed by atoms with E-state index in [9.17, 15) is 27.6 Å². The lowest BCUT2D eigenvalue weighted by molar-refractivity contribution is -0.237. The molecule has 18 heteroatoms. The first-order valence-electron chi connectivity index (χ1n) is 10.1. The number of esters is 4. The minimum absolute atomic E-state index is 0.158. The van der Waals surface area contributed by atoms with Crippen molar-refractivity contribution in [2.24, 2.45) is 0 Å². The summed E-state index contributed by atoms with van der Waals surface area (Å²) in [6, 6.07) is 0. The van der Waals surface area contributed by atoms with Crippen molar-refractivity contribution in [3.8, 4) is 0 Å². The summed E-state index contributed by atoms with van der Waals surface area (Å²) in [5.41, 5.74) is 4.42. The van der Waals surface area contributed by atoms with Crippen molar-refractivity contribution in [1.29, 1.82) is 0 Å². The Balaban J connectivity index is 2.51. The first-order valence-corrected chi connectivity index (χ1v) is 12.9. The van der Waals surface area contributed by atoms with E-state index in [0.29, 0.717) is 11.8 Å². The lowest BCUT2D eigenvalue weighted by atomic mass is 9.99. The third-order valence-electron chi connectivity index (χ3n) is 4.08. The number of rotatable bonds is 9. The number of carbonyl (C=O) groups is 4. The van der Waals surface area contributed by atoms with Gasteiger partial charge in [0.05, 0.1) is 6.26 Å². The van der Waals surface area contributed by atoms with E-state index >= 15 is 0 Å². The molecule has 2 heterocycles. The van der Waals surface area contributed by atoms with Gasteiger partial charge in [-0.25, -0.2) is 8.42 Å². The Labute approximate surface area is 210 Å². The van der Waals surface area contributed by atoms with Gasteiger partial charge < -0.3 is 29.4 Å². The van der Waals surface area contributed by atoms with Crippen molar-refractivity contribution in [1.82, 2.24) is 15.0 Å². The van der Waals surface area contributed by atoms with Gasteiger partial charge in [-0.3, -0.25) is 23.9 Å². The average Bonchev–Trinajstić information content (AvgIpc) is 2.68. The third-order valence-corrected chi connectivity index (χ3v) is 5.64. The number of hydrogen-bond acceptors (Lipinski definition) is 16. The van der Waals surface area contributed by atoms with Crippen molar-refractivity contribution in [3.05, 3.63) is 0 Å². The summed E-state index contributed by atoms with van der Waals surface area (Å²) in [6.45, 7) is 4.00. The highest BCUT2D eigenvalue weighted by Crippen LogP contribution is 2.36. The average molecular weight is 552 g/mol. The third kappa shape index (κ3) is 9.08. The zero-order chi connectivity index (χ0) is 27.2. The number of anilines is 2. The number of hydrogen-bond donors (Lipinski definition) is 2. The van der Waals surface area contributed by atoms with Gasteiger partial charge in [-0.15, -0.1) is 0 Å². The molecule has 3 N–H and O–H groups in total.